The van der Waals surface area contributed by atoms with Crippen molar-refractivity contribution >= 4 is 23.5 Å². The Labute approximate surface area is 143 Å². The maximum Gasteiger partial charge on any atom is 0.226 e. The summed E-state index contributed by atoms with van der Waals surface area (Å²) >= 11 is 1.44. The number of nitrogens with one attached hydrogen (secondary N) is 1. The molecular formula is C16H16N6OS. The lowest BCUT2D eigenvalue weighted by atomic mass is 10.3. The first-order valence-electron chi connectivity index (χ1n) is 7.41. The van der Waals surface area contributed by atoms with Gasteiger partial charge in [-0.05, 0) is 47.2 Å². The second-order valence-electron chi connectivity index (χ2n) is 5.07. The fourth-order valence-corrected chi connectivity index (χ4v) is 2.87. The normalized spacial score (nSPS) is 10.5. The lowest BCUT2D eigenvalue weighted by Gasteiger charge is -2.05. The van der Waals surface area contributed by atoms with Crippen LogP contribution >= 0.6 is 11.8 Å². The number of nitrogens with zero attached hydrogens (tertiary/aromatic N) is 5. The van der Waals surface area contributed by atoms with Gasteiger partial charge in [0.25, 0.3) is 0 Å². The van der Waals surface area contributed by atoms with Crippen LogP contribution in [0.2, 0.25) is 0 Å². The zero-order valence-electron chi connectivity index (χ0n) is 13.1. The predicted molar refractivity (Wildman–Crippen MR) is 92.1 cm³/mol. The SMILES string of the molecule is Cc1ccnc(NC(=O)CCSc2nnnn2-c2ccccc2)c1. The van der Waals surface area contributed by atoms with Gasteiger partial charge in [-0.15, -0.1) is 5.10 Å². The Bertz CT molecular complexity index is 820. The van der Waals surface area contributed by atoms with E-state index in [0.717, 1.165) is 11.3 Å². The number of hydrogen-bond donors (Lipinski definition) is 1. The molecule has 2 aromatic heterocycles. The highest BCUT2D eigenvalue weighted by Crippen LogP contribution is 2.18. The second kappa shape index (κ2) is 7.69. The molecule has 0 spiro atoms. The van der Waals surface area contributed by atoms with Gasteiger partial charge >= 0.3 is 0 Å². The van der Waals surface area contributed by atoms with Gasteiger partial charge < -0.3 is 5.32 Å². The molecule has 3 aromatic rings. The molecule has 0 unspecified atom stereocenters. The summed E-state index contributed by atoms with van der Waals surface area (Å²) in [6, 6.07) is 13.4. The van der Waals surface area contributed by atoms with Crippen LogP contribution in [-0.4, -0.2) is 36.9 Å². The molecule has 0 aliphatic rings. The maximum atomic E-state index is 12.0. The minimum absolute atomic E-state index is 0.0839. The fraction of sp³-hybridized carbons (Fsp3) is 0.188. The van der Waals surface area contributed by atoms with Crippen molar-refractivity contribution in [2.24, 2.45) is 0 Å². The number of aryl methyl sites for hydroxylation is 1. The second-order valence-corrected chi connectivity index (χ2v) is 6.14. The van der Waals surface area contributed by atoms with Gasteiger partial charge in [0.2, 0.25) is 11.1 Å². The van der Waals surface area contributed by atoms with Crippen molar-refractivity contribution in [3.05, 3.63) is 54.2 Å². The van der Waals surface area contributed by atoms with Crippen molar-refractivity contribution in [1.29, 1.82) is 0 Å². The van der Waals surface area contributed by atoms with Gasteiger partial charge in [-0.3, -0.25) is 4.79 Å². The number of thioether (sulfide) groups is 1. The molecule has 1 N–H and O–H groups in total. The van der Waals surface area contributed by atoms with Crippen LogP contribution in [0.3, 0.4) is 0 Å². The number of carbonyl (C=O) groups excluding carboxylic acids is 1. The Balaban J connectivity index is 1.54. The average Bonchev–Trinajstić information content (AvgIpc) is 3.04. The van der Waals surface area contributed by atoms with Crippen molar-refractivity contribution < 1.29 is 4.79 Å². The molecule has 0 bridgehead atoms. The van der Waals surface area contributed by atoms with Crippen molar-refractivity contribution in [3.8, 4) is 5.69 Å². The largest absolute Gasteiger partial charge is 0.311 e. The van der Waals surface area contributed by atoms with Gasteiger partial charge in [0.1, 0.15) is 5.82 Å². The lowest BCUT2D eigenvalue weighted by molar-refractivity contribution is -0.115. The number of tetrazole rings is 1. The molecule has 24 heavy (non-hydrogen) atoms. The van der Waals surface area contributed by atoms with Gasteiger partial charge in [-0.25, -0.2) is 4.98 Å². The average molecular weight is 340 g/mol. The highest BCUT2D eigenvalue weighted by molar-refractivity contribution is 7.99. The van der Waals surface area contributed by atoms with Gasteiger partial charge in [0, 0.05) is 18.4 Å². The summed E-state index contributed by atoms with van der Waals surface area (Å²) in [5, 5.41) is 15.1. The van der Waals surface area contributed by atoms with Crippen LogP contribution in [0.25, 0.3) is 5.69 Å². The Morgan fingerprint density at radius 1 is 1.25 bits per heavy atom. The van der Waals surface area contributed by atoms with Crippen LogP contribution in [-0.2, 0) is 4.79 Å². The first-order valence-corrected chi connectivity index (χ1v) is 8.40. The van der Waals surface area contributed by atoms with E-state index in [1.165, 1.54) is 11.8 Å². The maximum absolute atomic E-state index is 12.0. The van der Waals surface area contributed by atoms with E-state index in [0.29, 0.717) is 23.1 Å². The van der Waals surface area contributed by atoms with Crippen LogP contribution < -0.4 is 5.32 Å². The molecule has 7 nitrogen and oxygen atoms in total. The third kappa shape index (κ3) is 4.17. The predicted octanol–water partition coefficient (Wildman–Crippen LogP) is 2.49. The molecule has 0 saturated heterocycles. The standard InChI is InChI=1S/C16H16N6OS/c1-12-7-9-17-14(11-12)18-15(23)8-10-24-16-19-20-21-22(16)13-5-3-2-4-6-13/h2-7,9,11H,8,10H2,1H3,(H,17,18,23). The number of hydrogen-bond acceptors (Lipinski definition) is 6. The van der Waals surface area contributed by atoms with Crippen LogP contribution in [0.15, 0.2) is 53.8 Å². The Hall–Kier alpha value is -2.74. The Kier molecular flexibility index (Phi) is 5.17. The number of rotatable bonds is 6. The highest BCUT2D eigenvalue weighted by atomic mass is 32.2. The van der Waals surface area contributed by atoms with Crippen molar-refractivity contribution in [1.82, 2.24) is 25.2 Å². The monoisotopic (exact) mass is 340 g/mol. The van der Waals surface area contributed by atoms with Crippen LogP contribution in [0, 0.1) is 6.92 Å². The fourth-order valence-electron chi connectivity index (χ4n) is 2.05. The molecule has 0 aliphatic carbocycles. The summed E-state index contributed by atoms with van der Waals surface area (Å²) in [4.78, 5) is 16.1. The summed E-state index contributed by atoms with van der Waals surface area (Å²) in [6.07, 6.45) is 2.02. The van der Waals surface area contributed by atoms with E-state index in [9.17, 15) is 4.79 Å². The van der Waals surface area contributed by atoms with Crippen molar-refractivity contribution in [2.45, 2.75) is 18.5 Å². The van der Waals surface area contributed by atoms with E-state index < -0.39 is 0 Å². The number of benzene rings is 1. The molecule has 8 heteroatoms. The summed E-state index contributed by atoms with van der Waals surface area (Å²) in [6.45, 7) is 1.95. The number of aromatic nitrogens is 5. The quantitative estimate of drug-likeness (QED) is 0.694. The number of pyridine rings is 1. The third-order valence-corrected chi connectivity index (χ3v) is 4.11. The first kappa shape index (κ1) is 16.1. The van der Waals surface area contributed by atoms with Crippen molar-refractivity contribution in [2.75, 3.05) is 11.1 Å². The van der Waals surface area contributed by atoms with E-state index in [2.05, 4.69) is 25.8 Å². The number of anilines is 1. The summed E-state index contributed by atoms with van der Waals surface area (Å²) in [5.41, 5.74) is 1.94. The van der Waals surface area contributed by atoms with Gasteiger partial charge in [-0.2, -0.15) is 4.68 Å². The molecule has 0 saturated carbocycles. The lowest BCUT2D eigenvalue weighted by Crippen LogP contribution is -2.13. The molecule has 1 aromatic carbocycles. The number of amides is 1. The molecule has 0 aliphatic heterocycles. The zero-order valence-corrected chi connectivity index (χ0v) is 13.9. The zero-order chi connectivity index (χ0) is 16.8. The van der Waals surface area contributed by atoms with E-state index in [4.69, 9.17) is 0 Å². The van der Waals surface area contributed by atoms with Gasteiger partial charge in [0.05, 0.1) is 5.69 Å². The molecule has 3 rings (SSSR count). The van der Waals surface area contributed by atoms with Gasteiger partial charge in [-0.1, -0.05) is 30.0 Å². The van der Waals surface area contributed by atoms with Gasteiger partial charge in [0.15, 0.2) is 0 Å². The summed E-state index contributed by atoms with van der Waals surface area (Å²) < 4.78 is 1.66. The van der Waals surface area contributed by atoms with Crippen molar-refractivity contribution in [3.63, 3.8) is 0 Å². The number of para-hydroxylation sites is 1. The summed E-state index contributed by atoms with van der Waals surface area (Å²) in [7, 11) is 0. The minimum atomic E-state index is -0.0839. The molecule has 0 atom stereocenters. The van der Waals surface area contributed by atoms with Crippen LogP contribution in [0.4, 0.5) is 5.82 Å². The molecular weight excluding hydrogens is 324 g/mol. The van der Waals surface area contributed by atoms with E-state index in [1.54, 1.807) is 10.9 Å². The topological polar surface area (TPSA) is 85.6 Å². The summed E-state index contributed by atoms with van der Waals surface area (Å²) in [5.74, 6) is 1.06. The molecule has 0 fully saturated rings. The molecule has 1 amide bonds. The number of carbonyl (C=O) groups is 1. The van der Waals surface area contributed by atoms with E-state index >= 15 is 0 Å². The highest BCUT2D eigenvalue weighted by Gasteiger charge is 2.10. The third-order valence-electron chi connectivity index (χ3n) is 3.18. The first-order chi connectivity index (χ1) is 11.7. The smallest absolute Gasteiger partial charge is 0.226 e. The minimum Gasteiger partial charge on any atom is -0.311 e. The molecule has 2 heterocycles. The van der Waals surface area contributed by atoms with Crippen LogP contribution in [0.1, 0.15) is 12.0 Å². The molecule has 122 valence electrons. The Morgan fingerprint density at radius 3 is 2.88 bits per heavy atom. The van der Waals surface area contributed by atoms with E-state index in [1.807, 2.05) is 49.4 Å². The molecule has 0 radical (unpaired) electrons. The van der Waals surface area contributed by atoms with Crippen LogP contribution in [0.5, 0.6) is 0 Å². The van der Waals surface area contributed by atoms with E-state index in [-0.39, 0.29) is 5.91 Å². The Morgan fingerprint density at radius 2 is 2.08 bits per heavy atom.